The molecule has 1 amide bonds. The molecule has 23 heavy (non-hydrogen) atoms. The SMILES string of the molecule is CCC1CN(C(=O)C(N)c2ccc(C)cc2)CCN1CC(C)O. The summed E-state index contributed by atoms with van der Waals surface area (Å²) in [5, 5.41) is 9.61. The number of aryl methyl sites for hydroxylation is 1. The first kappa shape index (κ1) is 17.9. The first-order valence-electron chi connectivity index (χ1n) is 8.45. The monoisotopic (exact) mass is 319 g/mol. The van der Waals surface area contributed by atoms with Crippen LogP contribution in [0.15, 0.2) is 24.3 Å². The molecule has 0 saturated carbocycles. The van der Waals surface area contributed by atoms with Crippen molar-refractivity contribution in [2.24, 2.45) is 5.73 Å². The van der Waals surface area contributed by atoms with Crippen LogP contribution in [-0.2, 0) is 4.79 Å². The molecule has 1 aliphatic heterocycles. The summed E-state index contributed by atoms with van der Waals surface area (Å²) < 4.78 is 0. The topological polar surface area (TPSA) is 69.8 Å². The van der Waals surface area contributed by atoms with Crippen LogP contribution in [0.5, 0.6) is 0 Å². The number of carbonyl (C=O) groups is 1. The molecule has 5 nitrogen and oxygen atoms in total. The quantitative estimate of drug-likeness (QED) is 0.858. The van der Waals surface area contributed by atoms with E-state index in [1.165, 1.54) is 0 Å². The van der Waals surface area contributed by atoms with E-state index in [4.69, 9.17) is 5.73 Å². The summed E-state index contributed by atoms with van der Waals surface area (Å²) in [6, 6.07) is 7.51. The highest BCUT2D eigenvalue weighted by atomic mass is 16.3. The summed E-state index contributed by atoms with van der Waals surface area (Å²) in [5.41, 5.74) is 8.20. The van der Waals surface area contributed by atoms with Crippen molar-refractivity contribution in [3.05, 3.63) is 35.4 Å². The van der Waals surface area contributed by atoms with Gasteiger partial charge in [-0.1, -0.05) is 36.8 Å². The van der Waals surface area contributed by atoms with E-state index in [0.717, 1.165) is 24.1 Å². The maximum absolute atomic E-state index is 12.7. The number of nitrogens with two attached hydrogens (primary N) is 1. The third-order valence-corrected chi connectivity index (χ3v) is 4.59. The van der Waals surface area contributed by atoms with E-state index in [-0.39, 0.29) is 18.1 Å². The standard InChI is InChI=1S/C18H29N3O2/c1-4-16-12-21(10-9-20(16)11-14(3)22)18(23)17(19)15-7-5-13(2)6-8-15/h5-8,14,16-17,22H,4,9-12,19H2,1-3H3. The van der Waals surface area contributed by atoms with Gasteiger partial charge in [-0.15, -0.1) is 0 Å². The lowest BCUT2D eigenvalue weighted by atomic mass is 10.0. The lowest BCUT2D eigenvalue weighted by molar-refractivity contribution is -0.136. The zero-order valence-corrected chi connectivity index (χ0v) is 14.4. The highest BCUT2D eigenvalue weighted by Crippen LogP contribution is 2.19. The maximum atomic E-state index is 12.7. The van der Waals surface area contributed by atoms with Gasteiger partial charge in [-0.25, -0.2) is 0 Å². The Hall–Kier alpha value is -1.43. The fourth-order valence-electron chi connectivity index (χ4n) is 3.17. The van der Waals surface area contributed by atoms with Gasteiger partial charge in [0.05, 0.1) is 6.10 Å². The molecular formula is C18H29N3O2. The van der Waals surface area contributed by atoms with Crippen LogP contribution in [0, 0.1) is 6.92 Å². The maximum Gasteiger partial charge on any atom is 0.244 e. The molecule has 2 rings (SSSR count). The Morgan fingerprint density at radius 3 is 2.57 bits per heavy atom. The first-order chi connectivity index (χ1) is 10.9. The van der Waals surface area contributed by atoms with E-state index < -0.39 is 6.04 Å². The lowest BCUT2D eigenvalue weighted by Gasteiger charge is -2.42. The second kappa shape index (κ2) is 7.90. The second-order valence-corrected chi connectivity index (χ2v) is 6.58. The van der Waals surface area contributed by atoms with Crippen molar-refractivity contribution in [1.29, 1.82) is 0 Å². The smallest absolute Gasteiger partial charge is 0.244 e. The van der Waals surface area contributed by atoms with Crippen LogP contribution in [-0.4, -0.2) is 59.1 Å². The van der Waals surface area contributed by atoms with E-state index in [0.29, 0.717) is 19.6 Å². The highest BCUT2D eigenvalue weighted by Gasteiger charge is 2.31. The number of rotatable bonds is 5. The second-order valence-electron chi connectivity index (χ2n) is 6.58. The lowest BCUT2D eigenvalue weighted by Crippen LogP contribution is -2.57. The Bertz CT molecular complexity index is 516. The molecule has 128 valence electrons. The van der Waals surface area contributed by atoms with Gasteiger partial charge in [0.2, 0.25) is 5.91 Å². The average Bonchev–Trinajstić information content (AvgIpc) is 2.54. The van der Waals surface area contributed by atoms with E-state index in [9.17, 15) is 9.90 Å². The molecule has 1 fully saturated rings. The van der Waals surface area contributed by atoms with E-state index >= 15 is 0 Å². The van der Waals surface area contributed by atoms with Gasteiger partial charge < -0.3 is 15.7 Å². The summed E-state index contributed by atoms with van der Waals surface area (Å²) in [7, 11) is 0. The highest BCUT2D eigenvalue weighted by molar-refractivity contribution is 5.83. The number of amides is 1. The number of aliphatic hydroxyl groups is 1. The van der Waals surface area contributed by atoms with Crippen LogP contribution in [0.25, 0.3) is 0 Å². The van der Waals surface area contributed by atoms with Crippen molar-refractivity contribution in [2.75, 3.05) is 26.2 Å². The zero-order chi connectivity index (χ0) is 17.0. The molecule has 1 aromatic rings. The van der Waals surface area contributed by atoms with Crippen molar-refractivity contribution >= 4 is 5.91 Å². The molecule has 1 aromatic carbocycles. The Balaban J connectivity index is 2.01. The largest absolute Gasteiger partial charge is 0.392 e. The fourth-order valence-corrected chi connectivity index (χ4v) is 3.17. The summed E-state index contributed by atoms with van der Waals surface area (Å²) >= 11 is 0. The summed E-state index contributed by atoms with van der Waals surface area (Å²) in [6.07, 6.45) is 0.608. The van der Waals surface area contributed by atoms with Crippen LogP contribution in [0.2, 0.25) is 0 Å². The summed E-state index contributed by atoms with van der Waals surface area (Å²) in [5.74, 6) is -0.0102. The molecule has 0 radical (unpaired) electrons. The molecule has 3 unspecified atom stereocenters. The van der Waals surface area contributed by atoms with Gasteiger partial charge in [-0.05, 0) is 25.8 Å². The van der Waals surface area contributed by atoms with E-state index in [1.54, 1.807) is 6.92 Å². The van der Waals surface area contributed by atoms with Crippen LogP contribution >= 0.6 is 0 Å². The van der Waals surface area contributed by atoms with Crippen molar-refractivity contribution in [3.8, 4) is 0 Å². The normalized spacial score (nSPS) is 22.0. The first-order valence-corrected chi connectivity index (χ1v) is 8.45. The van der Waals surface area contributed by atoms with Crippen LogP contribution < -0.4 is 5.73 Å². The minimum Gasteiger partial charge on any atom is -0.392 e. The van der Waals surface area contributed by atoms with Crippen molar-refractivity contribution < 1.29 is 9.90 Å². The van der Waals surface area contributed by atoms with E-state index in [1.807, 2.05) is 36.1 Å². The molecule has 0 aromatic heterocycles. The van der Waals surface area contributed by atoms with Gasteiger partial charge in [0.1, 0.15) is 6.04 Å². The Morgan fingerprint density at radius 1 is 1.35 bits per heavy atom. The Morgan fingerprint density at radius 2 is 2.00 bits per heavy atom. The predicted octanol–water partition coefficient (Wildman–Crippen LogP) is 1.30. The molecule has 1 heterocycles. The van der Waals surface area contributed by atoms with Crippen LogP contribution in [0.3, 0.4) is 0 Å². The molecule has 0 spiro atoms. The van der Waals surface area contributed by atoms with Crippen molar-refractivity contribution in [2.45, 2.75) is 45.4 Å². The van der Waals surface area contributed by atoms with E-state index in [2.05, 4.69) is 11.8 Å². The number of β-amino-alcohol motifs (C(OH)–C–C–N with tert-alkyl or cyclic N) is 1. The van der Waals surface area contributed by atoms with Gasteiger partial charge in [0.25, 0.3) is 0 Å². The molecule has 5 heteroatoms. The van der Waals surface area contributed by atoms with Gasteiger partial charge >= 0.3 is 0 Å². The zero-order valence-electron chi connectivity index (χ0n) is 14.4. The number of benzene rings is 1. The number of nitrogens with zero attached hydrogens (tertiary/aromatic N) is 2. The number of carbonyl (C=O) groups excluding carboxylic acids is 1. The minimum absolute atomic E-state index is 0.0102. The number of aliphatic hydroxyl groups excluding tert-OH is 1. The van der Waals surface area contributed by atoms with Gasteiger partial charge in [-0.3, -0.25) is 9.69 Å². The average molecular weight is 319 g/mol. The Labute approximate surface area is 139 Å². The van der Waals surface area contributed by atoms with Crippen LogP contribution in [0.4, 0.5) is 0 Å². The molecule has 0 bridgehead atoms. The number of hydrogen-bond acceptors (Lipinski definition) is 4. The van der Waals surface area contributed by atoms with Crippen molar-refractivity contribution in [3.63, 3.8) is 0 Å². The molecule has 1 saturated heterocycles. The van der Waals surface area contributed by atoms with Gasteiger partial charge in [0.15, 0.2) is 0 Å². The van der Waals surface area contributed by atoms with Crippen LogP contribution in [0.1, 0.15) is 37.4 Å². The minimum atomic E-state index is -0.601. The number of hydrogen-bond donors (Lipinski definition) is 2. The van der Waals surface area contributed by atoms with Crippen molar-refractivity contribution in [1.82, 2.24) is 9.80 Å². The molecule has 0 aliphatic carbocycles. The fraction of sp³-hybridized carbons (Fsp3) is 0.611. The summed E-state index contributed by atoms with van der Waals surface area (Å²) in [6.45, 7) is 8.74. The third kappa shape index (κ3) is 4.53. The predicted molar refractivity (Wildman–Crippen MR) is 92.0 cm³/mol. The van der Waals surface area contributed by atoms with Gasteiger partial charge in [-0.2, -0.15) is 0 Å². The van der Waals surface area contributed by atoms with Gasteiger partial charge in [0, 0.05) is 32.2 Å². The molecule has 3 atom stereocenters. The molecule has 1 aliphatic rings. The number of piperazine rings is 1. The third-order valence-electron chi connectivity index (χ3n) is 4.59. The Kier molecular flexibility index (Phi) is 6.16. The summed E-state index contributed by atoms with van der Waals surface area (Å²) in [4.78, 5) is 16.8. The molecule has 3 N–H and O–H groups in total. The molecular weight excluding hydrogens is 290 g/mol.